The molecule has 1 rings (SSSR count). The van der Waals surface area contributed by atoms with Crippen LogP contribution in [-0.2, 0) is 9.53 Å². The van der Waals surface area contributed by atoms with Crippen LogP contribution in [0, 0.1) is 0 Å². The van der Waals surface area contributed by atoms with Crippen molar-refractivity contribution in [2.75, 3.05) is 25.0 Å². The van der Waals surface area contributed by atoms with Crippen molar-refractivity contribution in [2.24, 2.45) is 0 Å². The molecule has 9 nitrogen and oxygen atoms in total. The van der Waals surface area contributed by atoms with Crippen molar-refractivity contribution in [2.45, 2.75) is 64.9 Å². The molecule has 0 saturated heterocycles. The zero-order valence-corrected chi connectivity index (χ0v) is 24.2. The van der Waals surface area contributed by atoms with Crippen LogP contribution in [0.25, 0.3) is 0 Å². The molecule has 1 aromatic rings. The highest BCUT2D eigenvalue weighted by molar-refractivity contribution is 5.95. The first kappa shape index (κ1) is 34.9. The topological polar surface area (TPSA) is 137 Å². The van der Waals surface area contributed by atoms with Crippen LogP contribution in [0.5, 0.6) is 5.75 Å². The SMILES string of the molecule is CCC=CCC=CCC=CCC=CCC=CCCOC(CC)C(=O)NCCNC(=O)Nc1ccc(O)c(C(=O)O)c1. The number of carboxylic acids is 1. The number of urea groups is 1. The minimum atomic E-state index is -1.31. The molecule has 1 aromatic carbocycles. The maximum absolute atomic E-state index is 12.4. The van der Waals surface area contributed by atoms with E-state index in [9.17, 15) is 19.5 Å². The van der Waals surface area contributed by atoms with Crippen molar-refractivity contribution in [3.8, 4) is 5.75 Å². The molecule has 0 aromatic heterocycles. The molecule has 0 bridgehead atoms. The molecule has 0 spiro atoms. The minimum Gasteiger partial charge on any atom is -0.507 e. The highest BCUT2D eigenvalue weighted by Gasteiger charge is 2.16. The first-order chi connectivity index (χ1) is 19.9. The summed E-state index contributed by atoms with van der Waals surface area (Å²) in [6.45, 7) is 4.81. The predicted molar refractivity (Wildman–Crippen MR) is 164 cm³/mol. The van der Waals surface area contributed by atoms with Gasteiger partial charge in [0.05, 0.1) is 6.61 Å². The van der Waals surface area contributed by atoms with Crippen LogP contribution in [-0.4, -0.2) is 53.9 Å². The third-order valence-corrected chi connectivity index (χ3v) is 5.62. The van der Waals surface area contributed by atoms with Crippen molar-refractivity contribution < 1.29 is 29.3 Å². The summed E-state index contributed by atoms with van der Waals surface area (Å²) in [6, 6.07) is 3.15. The fraction of sp³-hybridized carbons (Fsp3) is 0.406. The molecule has 0 saturated carbocycles. The lowest BCUT2D eigenvalue weighted by molar-refractivity contribution is -0.132. The van der Waals surface area contributed by atoms with Gasteiger partial charge in [-0.1, -0.05) is 74.6 Å². The highest BCUT2D eigenvalue weighted by atomic mass is 16.5. The Balaban J connectivity index is 2.15. The minimum absolute atomic E-state index is 0.165. The molecule has 0 fully saturated rings. The molecule has 0 aliphatic carbocycles. The number of nitrogens with one attached hydrogen (secondary N) is 3. The number of ether oxygens (including phenoxy) is 1. The van der Waals surface area contributed by atoms with Gasteiger partial charge in [0, 0.05) is 18.8 Å². The molecule has 0 radical (unpaired) electrons. The van der Waals surface area contributed by atoms with Crippen LogP contribution in [0.15, 0.2) is 79.0 Å². The van der Waals surface area contributed by atoms with Crippen LogP contribution in [0.2, 0.25) is 0 Å². The number of carbonyl (C=O) groups excluding carboxylic acids is 2. The molecule has 3 amide bonds. The Labute approximate surface area is 243 Å². The quantitative estimate of drug-likeness (QED) is 0.0716. The summed E-state index contributed by atoms with van der Waals surface area (Å²) in [5, 5.41) is 26.4. The fourth-order valence-corrected chi connectivity index (χ4v) is 3.46. The largest absolute Gasteiger partial charge is 0.507 e. The van der Waals surface area contributed by atoms with Crippen molar-refractivity contribution in [1.29, 1.82) is 0 Å². The number of benzene rings is 1. The van der Waals surface area contributed by atoms with Crippen molar-refractivity contribution >= 4 is 23.6 Å². The van der Waals surface area contributed by atoms with E-state index >= 15 is 0 Å². The standard InChI is InChI=1S/C32H45N3O6/c1-3-5-6-7-8-9-10-11-12-13-14-15-16-17-18-19-24-41-29(4-2)30(37)33-22-23-34-32(40)35-26-20-21-28(36)27(25-26)31(38)39/h5-6,8-9,11-12,14-15,17-18,20-21,25,29,36H,3-4,7,10,13,16,19,22-24H2,1-2H3,(H,33,37)(H,38,39)(H2,34,35,40). The van der Waals surface area contributed by atoms with E-state index in [1.165, 1.54) is 12.1 Å². The number of carboxylic acid groups (broad SMARTS) is 1. The second kappa shape index (κ2) is 22.7. The number of amides is 3. The van der Waals surface area contributed by atoms with E-state index in [-0.39, 0.29) is 30.2 Å². The van der Waals surface area contributed by atoms with Gasteiger partial charge in [-0.2, -0.15) is 0 Å². The van der Waals surface area contributed by atoms with E-state index in [1.807, 2.05) is 13.0 Å². The molecule has 5 N–H and O–H groups in total. The smallest absolute Gasteiger partial charge is 0.339 e. The van der Waals surface area contributed by atoms with Crippen molar-refractivity contribution in [1.82, 2.24) is 10.6 Å². The summed E-state index contributed by atoms with van der Waals surface area (Å²) < 4.78 is 5.70. The average Bonchev–Trinajstić information content (AvgIpc) is 2.95. The van der Waals surface area contributed by atoms with Crippen LogP contribution in [0.3, 0.4) is 0 Å². The first-order valence-electron chi connectivity index (χ1n) is 14.1. The Bertz CT molecular complexity index is 1080. The molecule has 1 unspecified atom stereocenters. The molecular formula is C32H45N3O6. The van der Waals surface area contributed by atoms with Gasteiger partial charge < -0.3 is 30.9 Å². The van der Waals surface area contributed by atoms with Crippen LogP contribution in [0.4, 0.5) is 10.5 Å². The van der Waals surface area contributed by atoms with Gasteiger partial charge in [0.2, 0.25) is 5.91 Å². The lowest BCUT2D eigenvalue weighted by Gasteiger charge is -2.16. The van der Waals surface area contributed by atoms with Gasteiger partial charge in [0.25, 0.3) is 0 Å². The van der Waals surface area contributed by atoms with E-state index in [1.54, 1.807) is 0 Å². The fourth-order valence-electron chi connectivity index (χ4n) is 3.46. The van der Waals surface area contributed by atoms with Gasteiger partial charge in [-0.3, -0.25) is 4.79 Å². The van der Waals surface area contributed by atoms with Gasteiger partial charge in [-0.05, 0) is 63.1 Å². The number of hydrogen-bond acceptors (Lipinski definition) is 5. The van der Waals surface area contributed by atoms with Crippen LogP contribution < -0.4 is 16.0 Å². The molecule has 0 heterocycles. The normalized spacial score (nSPS) is 12.6. The maximum Gasteiger partial charge on any atom is 0.339 e. The Morgan fingerprint density at radius 3 is 1.95 bits per heavy atom. The average molecular weight is 568 g/mol. The molecule has 0 aliphatic heterocycles. The van der Waals surface area contributed by atoms with Gasteiger partial charge in [0.15, 0.2) is 0 Å². The number of allylic oxidation sites excluding steroid dienone is 9. The molecule has 41 heavy (non-hydrogen) atoms. The Morgan fingerprint density at radius 2 is 1.39 bits per heavy atom. The summed E-state index contributed by atoms with van der Waals surface area (Å²) in [4.78, 5) is 35.5. The lowest BCUT2D eigenvalue weighted by atomic mass is 10.2. The van der Waals surface area contributed by atoms with E-state index in [2.05, 4.69) is 77.6 Å². The molecule has 1 atom stereocenters. The Morgan fingerprint density at radius 1 is 0.829 bits per heavy atom. The molecule has 224 valence electrons. The summed E-state index contributed by atoms with van der Waals surface area (Å²) in [5.41, 5.74) is -0.101. The monoisotopic (exact) mass is 567 g/mol. The molecular weight excluding hydrogens is 522 g/mol. The summed E-state index contributed by atoms with van der Waals surface area (Å²) in [6.07, 6.45) is 26.9. The third kappa shape index (κ3) is 17.2. The molecule has 9 heteroatoms. The zero-order chi connectivity index (χ0) is 30.1. The second-order valence-corrected chi connectivity index (χ2v) is 8.97. The number of aromatic hydroxyl groups is 1. The van der Waals surface area contributed by atoms with Crippen LogP contribution in [0.1, 0.15) is 69.2 Å². The van der Waals surface area contributed by atoms with Crippen molar-refractivity contribution in [3.05, 3.63) is 84.5 Å². The summed E-state index contributed by atoms with van der Waals surface area (Å²) >= 11 is 0. The van der Waals surface area contributed by atoms with E-state index in [0.29, 0.717) is 19.4 Å². The van der Waals surface area contributed by atoms with Gasteiger partial charge in [0.1, 0.15) is 17.4 Å². The van der Waals surface area contributed by atoms with Crippen LogP contribution >= 0.6 is 0 Å². The number of phenols is 1. The lowest BCUT2D eigenvalue weighted by Crippen LogP contribution is -2.41. The second-order valence-electron chi connectivity index (χ2n) is 8.97. The summed E-state index contributed by atoms with van der Waals surface area (Å²) in [7, 11) is 0. The number of aromatic carboxylic acids is 1. The first-order valence-corrected chi connectivity index (χ1v) is 14.1. The van der Waals surface area contributed by atoms with E-state index < -0.39 is 23.9 Å². The number of anilines is 1. The Hall–Kier alpha value is -4.11. The number of hydrogen-bond donors (Lipinski definition) is 5. The van der Waals surface area contributed by atoms with E-state index in [4.69, 9.17) is 9.84 Å². The number of rotatable bonds is 20. The highest BCUT2D eigenvalue weighted by Crippen LogP contribution is 2.21. The maximum atomic E-state index is 12.4. The van der Waals surface area contributed by atoms with Crippen molar-refractivity contribution in [3.63, 3.8) is 0 Å². The molecule has 0 aliphatic rings. The van der Waals surface area contributed by atoms with Gasteiger partial charge >= 0.3 is 12.0 Å². The number of carbonyl (C=O) groups is 3. The van der Waals surface area contributed by atoms with E-state index in [0.717, 1.165) is 38.2 Å². The van der Waals surface area contributed by atoms with Gasteiger partial charge in [-0.25, -0.2) is 9.59 Å². The zero-order valence-electron chi connectivity index (χ0n) is 24.2. The summed E-state index contributed by atoms with van der Waals surface area (Å²) in [5.74, 6) is -1.94. The Kier molecular flexibility index (Phi) is 19.3. The third-order valence-electron chi connectivity index (χ3n) is 5.62. The van der Waals surface area contributed by atoms with Gasteiger partial charge in [-0.15, -0.1) is 0 Å². The predicted octanol–water partition coefficient (Wildman–Crippen LogP) is 6.26.